The number of rotatable bonds is 5. The highest BCUT2D eigenvalue weighted by atomic mass is 35.5. The SMILES string of the molecule is CCNC(=NCC1CCCO1)N(C)Cc1ccc(Cl)cc1. The highest BCUT2D eigenvalue weighted by molar-refractivity contribution is 6.30. The van der Waals surface area contributed by atoms with Gasteiger partial charge in [0.05, 0.1) is 12.6 Å². The maximum Gasteiger partial charge on any atom is 0.194 e. The van der Waals surface area contributed by atoms with E-state index >= 15 is 0 Å². The number of hydrogen-bond acceptors (Lipinski definition) is 2. The van der Waals surface area contributed by atoms with Gasteiger partial charge in [-0.1, -0.05) is 23.7 Å². The molecule has 1 aliphatic rings. The summed E-state index contributed by atoms with van der Waals surface area (Å²) in [4.78, 5) is 6.82. The maximum atomic E-state index is 5.92. The number of aliphatic imine (C=N–C) groups is 1. The van der Waals surface area contributed by atoms with E-state index in [1.807, 2.05) is 31.3 Å². The Balaban J connectivity index is 1.95. The van der Waals surface area contributed by atoms with Crippen molar-refractivity contribution in [2.75, 3.05) is 26.7 Å². The minimum absolute atomic E-state index is 0.280. The second kappa shape index (κ2) is 8.25. The van der Waals surface area contributed by atoms with E-state index in [0.717, 1.165) is 50.1 Å². The van der Waals surface area contributed by atoms with Gasteiger partial charge in [-0.3, -0.25) is 4.99 Å². The summed E-state index contributed by atoms with van der Waals surface area (Å²) < 4.78 is 5.62. The van der Waals surface area contributed by atoms with Crippen molar-refractivity contribution < 1.29 is 4.74 Å². The van der Waals surface area contributed by atoms with Gasteiger partial charge >= 0.3 is 0 Å². The van der Waals surface area contributed by atoms with Crippen LogP contribution < -0.4 is 5.32 Å². The first-order valence-electron chi connectivity index (χ1n) is 7.54. The molecule has 116 valence electrons. The van der Waals surface area contributed by atoms with Gasteiger partial charge in [0.1, 0.15) is 0 Å². The lowest BCUT2D eigenvalue weighted by Gasteiger charge is -2.22. The molecule has 1 atom stereocenters. The van der Waals surface area contributed by atoms with Crippen molar-refractivity contribution >= 4 is 17.6 Å². The smallest absolute Gasteiger partial charge is 0.194 e. The molecular formula is C16H24ClN3O. The van der Waals surface area contributed by atoms with Crippen molar-refractivity contribution in [3.8, 4) is 0 Å². The Morgan fingerprint density at radius 3 is 2.81 bits per heavy atom. The van der Waals surface area contributed by atoms with Crippen molar-refractivity contribution in [2.45, 2.75) is 32.4 Å². The molecule has 0 spiro atoms. The molecule has 0 aromatic heterocycles. The van der Waals surface area contributed by atoms with Gasteiger partial charge in [-0.25, -0.2) is 0 Å². The maximum absolute atomic E-state index is 5.92. The summed E-state index contributed by atoms with van der Waals surface area (Å²) in [6.07, 6.45) is 2.55. The molecule has 1 heterocycles. The number of hydrogen-bond donors (Lipinski definition) is 1. The third-order valence-corrected chi connectivity index (χ3v) is 3.75. The standard InChI is InChI=1S/C16H24ClN3O/c1-3-18-16(19-11-15-5-4-10-21-15)20(2)12-13-6-8-14(17)9-7-13/h6-9,15H,3-5,10-12H2,1-2H3,(H,18,19). The van der Waals surface area contributed by atoms with E-state index in [-0.39, 0.29) is 6.10 Å². The lowest BCUT2D eigenvalue weighted by atomic mass is 10.2. The molecule has 0 radical (unpaired) electrons. The van der Waals surface area contributed by atoms with Crippen molar-refractivity contribution in [1.82, 2.24) is 10.2 Å². The fourth-order valence-electron chi connectivity index (χ4n) is 2.38. The average molecular weight is 310 g/mol. The average Bonchev–Trinajstić information content (AvgIpc) is 2.99. The van der Waals surface area contributed by atoms with E-state index in [4.69, 9.17) is 16.3 Å². The van der Waals surface area contributed by atoms with Crippen LogP contribution in [0.1, 0.15) is 25.3 Å². The molecule has 1 N–H and O–H groups in total. The molecule has 2 rings (SSSR count). The van der Waals surface area contributed by atoms with E-state index in [1.165, 1.54) is 5.56 Å². The van der Waals surface area contributed by atoms with Crippen LogP contribution in [0.5, 0.6) is 0 Å². The molecule has 21 heavy (non-hydrogen) atoms. The Labute approximate surface area is 132 Å². The molecule has 5 heteroatoms. The lowest BCUT2D eigenvalue weighted by molar-refractivity contribution is 0.117. The van der Waals surface area contributed by atoms with Gasteiger partial charge in [0.2, 0.25) is 0 Å². The van der Waals surface area contributed by atoms with Crippen molar-refractivity contribution in [1.29, 1.82) is 0 Å². The molecule has 1 aromatic carbocycles. The molecule has 0 amide bonds. The molecule has 1 aromatic rings. The first kappa shape index (κ1) is 16.1. The Hall–Kier alpha value is -1.26. The quantitative estimate of drug-likeness (QED) is 0.671. The molecule has 0 aliphatic carbocycles. The molecule has 1 fully saturated rings. The largest absolute Gasteiger partial charge is 0.376 e. The number of ether oxygens (including phenoxy) is 1. The van der Waals surface area contributed by atoms with Crippen molar-refractivity contribution in [3.63, 3.8) is 0 Å². The van der Waals surface area contributed by atoms with Crippen LogP contribution in [0, 0.1) is 0 Å². The molecule has 0 bridgehead atoms. The minimum atomic E-state index is 0.280. The number of halogens is 1. The number of nitrogens with one attached hydrogen (secondary N) is 1. The lowest BCUT2D eigenvalue weighted by Crippen LogP contribution is -2.39. The third kappa shape index (κ3) is 5.21. The van der Waals surface area contributed by atoms with Gasteiger partial charge in [0.15, 0.2) is 5.96 Å². The summed E-state index contributed by atoms with van der Waals surface area (Å²) in [5.41, 5.74) is 1.21. The van der Waals surface area contributed by atoms with Gasteiger partial charge in [0.25, 0.3) is 0 Å². The van der Waals surface area contributed by atoms with E-state index in [9.17, 15) is 0 Å². The van der Waals surface area contributed by atoms with E-state index in [2.05, 4.69) is 22.1 Å². The monoisotopic (exact) mass is 309 g/mol. The normalized spacial score (nSPS) is 18.8. The molecule has 1 saturated heterocycles. The molecule has 4 nitrogen and oxygen atoms in total. The second-order valence-corrected chi connectivity index (χ2v) is 5.75. The fourth-order valence-corrected chi connectivity index (χ4v) is 2.51. The first-order chi connectivity index (χ1) is 10.2. The zero-order chi connectivity index (χ0) is 15.1. The molecule has 1 aliphatic heterocycles. The van der Waals surface area contributed by atoms with Crippen LogP contribution >= 0.6 is 11.6 Å². The van der Waals surface area contributed by atoms with Crippen LogP contribution in [-0.2, 0) is 11.3 Å². The van der Waals surface area contributed by atoms with Crippen LogP contribution in [0.2, 0.25) is 5.02 Å². The predicted octanol–water partition coefficient (Wildman–Crippen LogP) is 2.92. The summed E-state index contributed by atoms with van der Waals surface area (Å²) in [6.45, 7) is 5.34. The summed E-state index contributed by atoms with van der Waals surface area (Å²) in [5.74, 6) is 0.919. The highest BCUT2D eigenvalue weighted by Gasteiger charge is 2.15. The second-order valence-electron chi connectivity index (χ2n) is 5.31. The van der Waals surface area contributed by atoms with Gasteiger partial charge in [-0.05, 0) is 37.5 Å². The Kier molecular flexibility index (Phi) is 6.33. The van der Waals surface area contributed by atoms with Crippen molar-refractivity contribution in [2.24, 2.45) is 4.99 Å². The van der Waals surface area contributed by atoms with Gasteiger partial charge in [-0.15, -0.1) is 0 Å². The Morgan fingerprint density at radius 1 is 1.43 bits per heavy atom. The van der Waals surface area contributed by atoms with Crippen LogP contribution in [0.25, 0.3) is 0 Å². The Bertz CT molecular complexity index is 455. The zero-order valence-electron chi connectivity index (χ0n) is 12.8. The van der Waals surface area contributed by atoms with Crippen LogP contribution in [-0.4, -0.2) is 43.7 Å². The van der Waals surface area contributed by atoms with E-state index in [1.54, 1.807) is 0 Å². The topological polar surface area (TPSA) is 36.9 Å². The summed E-state index contributed by atoms with van der Waals surface area (Å²) in [6, 6.07) is 7.92. The van der Waals surface area contributed by atoms with Gasteiger partial charge < -0.3 is 15.0 Å². The zero-order valence-corrected chi connectivity index (χ0v) is 13.6. The minimum Gasteiger partial charge on any atom is -0.376 e. The highest BCUT2D eigenvalue weighted by Crippen LogP contribution is 2.13. The van der Waals surface area contributed by atoms with E-state index < -0.39 is 0 Å². The van der Waals surface area contributed by atoms with Crippen LogP contribution in [0.15, 0.2) is 29.3 Å². The summed E-state index contributed by atoms with van der Waals surface area (Å²) in [5, 5.41) is 4.10. The van der Waals surface area contributed by atoms with Gasteiger partial charge in [-0.2, -0.15) is 0 Å². The van der Waals surface area contributed by atoms with Crippen LogP contribution in [0.4, 0.5) is 0 Å². The number of benzene rings is 1. The number of guanidine groups is 1. The summed E-state index contributed by atoms with van der Waals surface area (Å²) >= 11 is 5.92. The molecule has 0 saturated carbocycles. The Morgan fingerprint density at radius 2 is 2.19 bits per heavy atom. The molecule has 1 unspecified atom stereocenters. The summed E-state index contributed by atoms with van der Waals surface area (Å²) in [7, 11) is 2.05. The number of nitrogens with zero attached hydrogens (tertiary/aromatic N) is 2. The van der Waals surface area contributed by atoms with Gasteiger partial charge in [0, 0.05) is 31.8 Å². The molecular weight excluding hydrogens is 286 g/mol. The predicted molar refractivity (Wildman–Crippen MR) is 87.9 cm³/mol. The third-order valence-electron chi connectivity index (χ3n) is 3.50. The van der Waals surface area contributed by atoms with E-state index in [0.29, 0.717) is 0 Å². The first-order valence-corrected chi connectivity index (χ1v) is 7.92. The van der Waals surface area contributed by atoms with Crippen LogP contribution in [0.3, 0.4) is 0 Å². The fraction of sp³-hybridized carbons (Fsp3) is 0.562. The van der Waals surface area contributed by atoms with Crippen molar-refractivity contribution in [3.05, 3.63) is 34.9 Å².